The van der Waals surface area contributed by atoms with Gasteiger partial charge in [0.1, 0.15) is 6.04 Å². The minimum Gasteiger partial charge on any atom is -0.480 e. The van der Waals surface area contributed by atoms with E-state index in [0.29, 0.717) is 0 Å². The minimum absolute atomic E-state index is 0.238. The van der Waals surface area contributed by atoms with Gasteiger partial charge in [0.15, 0.2) is 0 Å². The minimum atomic E-state index is -3.23. The van der Waals surface area contributed by atoms with Gasteiger partial charge in [-0.15, -0.1) is 0 Å². The number of carboxylic acid groups (broad SMARTS) is 2. The third-order valence-corrected chi connectivity index (χ3v) is 1.80. The molecular formula is C6H7F2NO4. The number of rotatable bonds is 1. The molecule has 1 saturated heterocycles. The standard InChI is InChI=1S/C6H7F2NO4/c7-6(8)1-3(4(10)11)9(2-6)5(12)13/h3H,1-2H2,(H,10,11)(H,12,13). The number of halogens is 2. The summed E-state index contributed by atoms with van der Waals surface area (Å²) < 4.78 is 25.2. The first-order valence-electron chi connectivity index (χ1n) is 3.44. The number of alkyl halides is 2. The Morgan fingerprint density at radius 2 is 1.92 bits per heavy atom. The van der Waals surface area contributed by atoms with Crippen molar-refractivity contribution in [3.63, 3.8) is 0 Å². The van der Waals surface area contributed by atoms with Crippen LogP contribution in [0, 0.1) is 0 Å². The Kier molecular flexibility index (Phi) is 2.10. The van der Waals surface area contributed by atoms with Crippen LogP contribution in [0.4, 0.5) is 13.6 Å². The summed E-state index contributed by atoms with van der Waals surface area (Å²) in [6.07, 6.45) is -2.58. The second-order valence-corrected chi connectivity index (χ2v) is 2.82. The van der Waals surface area contributed by atoms with E-state index in [9.17, 15) is 18.4 Å². The Morgan fingerprint density at radius 1 is 1.38 bits per heavy atom. The van der Waals surface area contributed by atoms with Crippen LogP contribution in [0.2, 0.25) is 0 Å². The molecule has 0 aromatic carbocycles. The van der Waals surface area contributed by atoms with Crippen LogP contribution in [0.25, 0.3) is 0 Å². The Balaban J connectivity index is 2.83. The highest BCUT2D eigenvalue weighted by Gasteiger charge is 2.50. The van der Waals surface area contributed by atoms with Gasteiger partial charge in [0.2, 0.25) is 0 Å². The maximum Gasteiger partial charge on any atom is 0.408 e. The van der Waals surface area contributed by atoms with Crippen molar-refractivity contribution in [1.82, 2.24) is 4.90 Å². The molecule has 0 aromatic rings. The molecule has 1 unspecified atom stereocenters. The molecule has 1 heterocycles. The summed E-state index contributed by atoms with van der Waals surface area (Å²) in [6, 6.07) is -1.63. The van der Waals surface area contributed by atoms with Gasteiger partial charge in [-0.25, -0.2) is 18.4 Å². The number of amides is 1. The molecule has 5 nitrogen and oxygen atoms in total. The summed E-state index contributed by atoms with van der Waals surface area (Å²) in [4.78, 5) is 20.9. The van der Waals surface area contributed by atoms with E-state index in [2.05, 4.69) is 0 Å². The number of nitrogens with zero attached hydrogens (tertiary/aromatic N) is 1. The average Bonchev–Trinajstić information content (AvgIpc) is 2.26. The van der Waals surface area contributed by atoms with Crippen molar-refractivity contribution in [3.05, 3.63) is 0 Å². The van der Waals surface area contributed by atoms with E-state index in [1.165, 1.54) is 0 Å². The molecule has 1 amide bonds. The van der Waals surface area contributed by atoms with Crippen LogP contribution < -0.4 is 0 Å². The third-order valence-electron chi connectivity index (χ3n) is 1.80. The first-order chi connectivity index (χ1) is 5.83. The fourth-order valence-electron chi connectivity index (χ4n) is 1.24. The number of hydrogen-bond donors (Lipinski definition) is 2. The van der Waals surface area contributed by atoms with E-state index >= 15 is 0 Å². The van der Waals surface area contributed by atoms with E-state index in [-0.39, 0.29) is 4.90 Å². The van der Waals surface area contributed by atoms with Gasteiger partial charge >= 0.3 is 12.1 Å². The Bertz CT molecular complexity index is 231. The maximum absolute atomic E-state index is 12.6. The molecule has 2 N–H and O–H groups in total. The second kappa shape index (κ2) is 2.82. The van der Waals surface area contributed by atoms with Gasteiger partial charge in [-0.2, -0.15) is 0 Å². The highest BCUT2D eigenvalue weighted by molar-refractivity contribution is 5.80. The van der Waals surface area contributed by atoms with Crippen LogP contribution in [-0.2, 0) is 4.79 Å². The number of hydrogen-bond acceptors (Lipinski definition) is 2. The predicted octanol–water partition coefficient (Wildman–Crippen LogP) is 0.459. The molecule has 13 heavy (non-hydrogen) atoms. The van der Waals surface area contributed by atoms with Gasteiger partial charge in [-0.1, -0.05) is 0 Å². The number of carboxylic acids is 1. The lowest BCUT2D eigenvalue weighted by atomic mass is 10.2. The number of aliphatic carboxylic acids is 1. The SMILES string of the molecule is O=C(O)C1CC(F)(F)CN1C(=O)O. The maximum atomic E-state index is 12.6. The van der Waals surface area contributed by atoms with Crippen LogP contribution in [0.5, 0.6) is 0 Å². The van der Waals surface area contributed by atoms with E-state index in [0.717, 1.165) is 0 Å². The zero-order chi connectivity index (χ0) is 10.2. The summed E-state index contributed by atoms with van der Waals surface area (Å²) in [5.74, 6) is -4.78. The summed E-state index contributed by atoms with van der Waals surface area (Å²) in [5, 5.41) is 16.8. The van der Waals surface area contributed by atoms with Crippen LogP contribution in [0.1, 0.15) is 6.42 Å². The molecule has 74 valence electrons. The summed E-state index contributed by atoms with van der Waals surface area (Å²) >= 11 is 0. The van der Waals surface area contributed by atoms with Crippen molar-refractivity contribution in [2.45, 2.75) is 18.4 Å². The highest BCUT2D eigenvalue weighted by Crippen LogP contribution is 2.31. The van der Waals surface area contributed by atoms with Crippen LogP contribution in [0.15, 0.2) is 0 Å². The second-order valence-electron chi connectivity index (χ2n) is 2.82. The van der Waals surface area contributed by atoms with Crippen LogP contribution >= 0.6 is 0 Å². The fraction of sp³-hybridized carbons (Fsp3) is 0.667. The molecule has 0 spiro atoms. The molecule has 1 aliphatic heterocycles. The first-order valence-corrected chi connectivity index (χ1v) is 3.44. The largest absolute Gasteiger partial charge is 0.480 e. The Labute approximate surface area is 71.6 Å². The molecule has 0 bridgehead atoms. The molecule has 7 heteroatoms. The summed E-state index contributed by atoms with van der Waals surface area (Å²) in [6.45, 7) is -1.04. The van der Waals surface area contributed by atoms with Crippen LogP contribution in [-0.4, -0.2) is 45.7 Å². The molecule has 0 radical (unpaired) electrons. The molecule has 1 atom stereocenters. The molecule has 1 rings (SSSR count). The smallest absolute Gasteiger partial charge is 0.408 e. The van der Waals surface area contributed by atoms with E-state index in [1.54, 1.807) is 0 Å². The molecule has 1 fully saturated rings. The van der Waals surface area contributed by atoms with Crippen molar-refractivity contribution >= 4 is 12.1 Å². The predicted molar refractivity (Wildman–Crippen MR) is 35.7 cm³/mol. The van der Waals surface area contributed by atoms with E-state index < -0.39 is 37.0 Å². The first kappa shape index (κ1) is 9.69. The third kappa shape index (κ3) is 1.85. The van der Waals surface area contributed by atoms with Crippen molar-refractivity contribution in [2.24, 2.45) is 0 Å². The summed E-state index contributed by atoms with van der Waals surface area (Å²) in [7, 11) is 0. The molecular weight excluding hydrogens is 188 g/mol. The van der Waals surface area contributed by atoms with Gasteiger partial charge < -0.3 is 10.2 Å². The molecule has 0 aliphatic carbocycles. The van der Waals surface area contributed by atoms with Crippen molar-refractivity contribution in [1.29, 1.82) is 0 Å². The monoisotopic (exact) mass is 195 g/mol. The van der Waals surface area contributed by atoms with E-state index in [4.69, 9.17) is 10.2 Å². The molecule has 0 saturated carbocycles. The van der Waals surface area contributed by atoms with Crippen LogP contribution in [0.3, 0.4) is 0 Å². The molecule has 1 aliphatic rings. The van der Waals surface area contributed by atoms with Crippen molar-refractivity contribution in [3.8, 4) is 0 Å². The van der Waals surface area contributed by atoms with Crippen molar-refractivity contribution in [2.75, 3.05) is 6.54 Å². The summed E-state index contributed by atoms with van der Waals surface area (Å²) in [5.41, 5.74) is 0. The van der Waals surface area contributed by atoms with Gasteiger partial charge in [0, 0.05) is 6.42 Å². The Hall–Kier alpha value is -1.40. The van der Waals surface area contributed by atoms with Gasteiger partial charge in [0.25, 0.3) is 5.92 Å². The quantitative estimate of drug-likeness (QED) is 0.637. The zero-order valence-corrected chi connectivity index (χ0v) is 6.41. The lowest BCUT2D eigenvalue weighted by molar-refractivity contribution is -0.141. The average molecular weight is 195 g/mol. The normalized spacial score (nSPS) is 26.0. The Morgan fingerprint density at radius 3 is 2.23 bits per heavy atom. The number of carbonyl (C=O) groups is 2. The van der Waals surface area contributed by atoms with Gasteiger partial charge in [-0.05, 0) is 0 Å². The molecule has 0 aromatic heterocycles. The zero-order valence-electron chi connectivity index (χ0n) is 6.41. The number of likely N-dealkylation sites (tertiary alicyclic amines) is 1. The van der Waals surface area contributed by atoms with Crippen molar-refractivity contribution < 1.29 is 28.6 Å². The van der Waals surface area contributed by atoms with E-state index in [1.807, 2.05) is 0 Å². The van der Waals surface area contributed by atoms with Gasteiger partial charge in [-0.3, -0.25) is 4.90 Å². The highest BCUT2D eigenvalue weighted by atomic mass is 19.3. The van der Waals surface area contributed by atoms with Gasteiger partial charge in [0.05, 0.1) is 6.54 Å². The fourth-order valence-corrected chi connectivity index (χ4v) is 1.24. The lowest BCUT2D eigenvalue weighted by Gasteiger charge is -2.15. The topological polar surface area (TPSA) is 77.8 Å². The lowest BCUT2D eigenvalue weighted by Crippen LogP contribution is -2.39.